The molecule has 1 saturated carbocycles. The lowest BCUT2D eigenvalue weighted by Crippen LogP contribution is -2.56. The van der Waals surface area contributed by atoms with E-state index in [0.29, 0.717) is 12.1 Å². The fraction of sp³-hybridized carbons (Fsp3) is 0.625. The van der Waals surface area contributed by atoms with Gasteiger partial charge in [-0.3, -0.25) is 4.90 Å². The fourth-order valence-corrected chi connectivity index (χ4v) is 3.56. The van der Waals surface area contributed by atoms with Gasteiger partial charge in [-0.2, -0.15) is 0 Å². The number of hydrogen-bond acceptors (Lipinski definition) is 3. The lowest BCUT2D eigenvalue weighted by atomic mass is 9.89. The van der Waals surface area contributed by atoms with Crippen molar-refractivity contribution < 1.29 is 4.39 Å². The number of anilines is 1. The Hall–Kier alpha value is -1.13. The van der Waals surface area contributed by atoms with Crippen LogP contribution in [0.1, 0.15) is 25.7 Å². The average Bonchev–Trinajstić information content (AvgIpc) is 2.49. The first-order valence-corrected chi connectivity index (χ1v) is 7.74. The molecule has 3 nitrogen and oxygen atoms in total. The SMILES string of the molecule is NC1CCCCC1N1CCN(c2ccc(F)cc2)CC1. The Labute approximate surface area is 120 Å². The van der Waals surface area contributed by atoms with Gasteiger partial charge in [-0.15, -0.1) is 0 Å². The Bertz CT molecular complexity index is 426. The highest BCUT2D eigenvalue weighted by molar-refractivity contribution is 5.46. The van der Waals surface area contributed by atoms with Crippen LogP contribution >= 0.6 is 0 Å². The first-order valence-electron chi connectivity index (χ1n) is 7.74. The van der Waals surface area contributed by atoms with Crippen LogP contribution in [0.2, 0.25) is 0 Å². The lowest BCUT2D eigenvalue weighted by Gasteiger charge is -2.43. The molecule has 1 heterocycles. The van der Waals surface area contributed by atoms with Crippen molar-refractivity contribution in [2.45, 2.75) is 37.8 Å². The van der Waals surface area contributed by atoms with E-state index in [0.717, 1.165) is 31.9 Å². The molecule has 0 amide bonds. The third-order valence-electron chi connectivity index (χ3n) is 4.76. The molecule has 20 heavy (non-hydrogen) atoms. The van der Waals surface area contributed by atoms with Crippen LogP contribution in [0.15, 0.2) is 24.3 Å². The number of nitrogens with two attached hydrogens (primary N) is 1. The van der Waals surface area contributed by atoms with E-state index in [1.54, 1.807) is 12.1 Å². The maximum atomic E-state index is 13.0. The van der Waals surface area contributed by atoms with Gasteiger partial charge < -0.3 is 10.6 Å². The standard InChI is InChI=1S/C16H24FN3/c17-13-5-7-14(8-6-13)19-9-11-20(12-10-19)16-4-2-1-3-15(16)18/h5-8,15-16H,1-4,9-12,18H2. The molecule has 0 radical (unpaired) electrons. The second-order valence-electron chi connectivity index (χ2n) is 6.02. The molecular weight excluding hydrogens is 253 g/mol. The van der Waals surface area contributed by atoms with Gasteiger partial charge in [0.15, 0.2) is 0 Å². The van der Waals surface area contributed by atoms with Gasteiger partial charge in [0.05, 0.1) is 0 Å². The molecular formula is C16H24FN3. The zero-order valence-electron chi connectivity index (χ0n) is 12.0. The van der Waals surface area contributed by atoms with Gasteiger partial charge in [0.2, 0.25) is 0 Å². The summed E-state index contributed by atoms with van der Waals surface area (Å²) < 4.78 is 13.0. The van der Waals surface area contributed by atoms with Crippen molar-refractivity contribution in [3.63, 3.8) is 0 Å². The van der Waals surface area contributed by atoms with Gasteiger partial charge in [0.1, 0.15) is 5.82 Å². The van der Waals surface area contributed by atoms with Gasteiger partial charge in [-0.25, -0.2) is 4.39 Å². The average molecular weight is 277 g/mol. The molecule has 1 saturated heterocycles. The predicted octanol–water partition coefficient (Wildman–Crippen LogP) is 2.22. The van der Waals surface area contributed by atoms with Crippen LogP contribution in [0, 0.1) is 5.82 Å². The van der Waals surface area contributed by atoms with Crippen molar-refractivity contribution in [2.24, 2.45) is 5.73 Å². The molecule has 2 unspecified atom stereocenters. The molecule has 1 aliphatic heterocycles. The first-order chi connectivity index (χ1) is 9.74. The van der Waals surface area contributed by atoms with Gasteiger partial charge >= 0.3 is 0 Å². The van der Waals surface area contributed by atoms with Crippen molar-refractivity contribution >= 4 is 5.69 Å². The molecule has 1 aromatic rings. The minimum Gasteiger partial charge on any atom is -0.369 e. The molecule has 2 N–H and O–H groups in total. The van der Waals surface area contributed by atoms with Gasteiger partial charge in [0, 0.05) is 44.0 Å². The van der Waals surface area contributed by atoms with E-state index in [1.807, 2.05) is 12.1 Å². The van der Waals surface area contributed by atoms with E-state index in [1.165, 1.54) is 25.7 Å². The third-order valence-corrected chi connectivity index (χ3v) is 4.76. The van der Waals surface area contributed by atoms with Crippen molar-refractivity contribution in [2.75, 3.05) is 31.1 Å². The quantitative estimate of drug-likeness (QED) is 0.899. The summed E-state index contributed by atoms with van der Waals surface area (Å²) in [6.07, 6.45) is 5.02. The number of benzene rings is 1. The van der Waals surface area contributed by atoms with E-state index < -0.39 is 0 Å². The monoisotopic (exact) mass is 277 g/mol. The summed E-state index contributed by atoms with van der Waals surface area (Å²) >= 11 is 0. The molecule has 1 aromatic carbocycles. The fourth-order valence-electron chi connectivity index (χ4n) is 3.56. The largest absolute Gasteiger partial charge is 0.369 e. The number of rotatable bonds is 2. The minimum atomic E-state index is -0.166. The van der Waals surface area contributed by atoms with Crippen LogP contribution in [0.3, 0.4) is 0 Å². The molecule has 2 aliphatic rings. The molecule has 0 aromatic heterocycles. The summed E-state index contributed by atoms with van der Waals surface area (Å²) in [6, 6.07) is 7.74. The summed E-state index contributed by atoms with van der Waals surface area (Å²) in [7, 11) is 0. The Morgan fingerprint density at radius 2 is 1.60 bits per heavy atom. The van der Waals surface area contributed by atoms with Crippen molar-refractivity contribution in [3.05, 3.63) is 30.1 Å². The van der Waals surface area contributed by atoms with E-state index in [2.05, 4.69) is 9.80 Å². The lowest BCUT2D eigenvalue weighted by molar-refractivity contribution is 0.130. The van der Waals surface area contributed by atoms with E-state index >= 15 is 0 Å². The third kappa shape index (κ3) is 2.96. The molecule has 0 bridgehead atoms. The van der Waals surface area contributed by atoms with Crippen LogP contribution in [-0.2, 0) is 0 Å². The number of piperazine rings is 1. The number of hydrogen-bond donors (Lipinski definition) is 1. The van der Waals surface area contributed by atoms with Gasteiger partial charge in [0.25, 0.3) is 0 Å². The van der Waals surface area contributed by atoms with Crippen LogP contribution < -0.4 is 10.6 Å². The topological polar surface area (TPSA) is 32.5 Å². The van der Waals surface area contributed by atoms with E-state index in [4.69, 9.17) is 5.73 Å². The van der Waals surface area contributed by atoms with Gasteiger partial charge in [-0.1, -0.05) is 12.8 Å². The summed E-state index contributed by atoms with van der Waals surface area (Å²) in [5, 5.41) is 0. The summed E-state index contributed by atoms with van der Waals surface area (Å²) in [4.78, 5) is 4.90. The minimum absolute atomic E-state index is 0.166. The summed E-state index contributed by atoms with van der Waals surface area (Å²) in [6.45, 7) is 4.15. The summed E-state index contributed by atoms with van der Waals surface area (Å²) in [5.74, 6) is -0.166. The first kappa shape index (κ1) is 13.8. The highest BCUT2D eigenvalue weighted by atomic mass is 19.1. The van der Waals surface area contributed by atoms with Crippen LogP contribution in [-0.4, -0.2) is 43.2 Å². The predicted molar refractivity (Wildman–Crippen MR) is 80.4 cm³/mol. The van der Waals surface area contributed by atoms with E-state index in [9.17, 15) is 4.39 Å². The Kier molecular flexibility index (Phi) is 4.22. The normalized spacial score (nSPS) is 28.6. The Morgan fingerprint density at radius 1 is 0.950 bits per heavy atom. The van der Waals surface area contributed by atoms with Crippen molar-refractivity contribution in [1.82, 2.24) is 4.90 Å². The number of nitrogens with zero attached hydrogens (tertiary/aromatic N) is 2. The second kappa shape index (κ2) is 6.10. The number of halogens is 1. The van der Waals surface area contributed by atoms with E-state index in [-0.39, 0.29) is 5.82 Å². The van der Waals surface area contributed by atoms with Crippen molar-refractivity contribution in [3.8, 4) is 0 Å². The highest BCUT2D eigenvalue weighted by Gasteiger charge is 2.29. The van der Waals surface area contributed by atoms with Crippen LogP contribution in [0.5, 0.6) is 0 Å². The smallest absolute Gasteiger partial charge is 0.123 e. The zero-order chi connectivity index (χ0) is 13.9. The Morgan fingerprint density at radius 3 is 2.25 bits per heavy atom. The molecule has 110 valence electrons. The van der Waals surface area contributed by atoms with Crippen LogP contribution in [0.4, 0.5) is 10.1 Å². The molecule has 2 fully saturated rings. The molecule has 0 spiro atoms. The molecule has 3 rings (SSSR count). The Balaban J connectivity index is 1.57. The maximum Gasteiger partial charge on any atom is 0.123 e. The molecule has 4 heteroatoms. The summed E-state index contributed by atoms with van der Waals surface area (Å²) in [5.41, 5.74) is 7.40. The van der Waals surface area contributed by atoms with Gasteiger partial charge in [-0.05, 0) is 37.1 Å². The molecule has 2 atom stereocenters. The highest BCUT2D eigenvalue weighted by Crippen LogP contribution is 2.24. The molecule has 1 aliphatic carbocycles. The zero-order valence-corrected chi connectivity index (χ0v) is 12.0. The van der Waals surface area contributed by atoms with Crippen LogP contribution in [0.25, 0.3) is 0 Å². The second-order valence-corrected chi connectivity index (χ2v) is 6.02. The maximum absolute atomic E-state index is 13.0. The van der Waals surface area contributed by atoms with Crippen molar-refractivity contribution in [1.29, 1.82) is 0 Å².